The van der Waals surface area contributed by atoms with Gasteiger partial charge in [-0.2, -0.15) is 0 Å². The molecule has 1 heterocycles. The van der Waals surface area contributed by atoms with Crippen LogP contribution in [0.3, 0.4) is 0 Å². The summed E-state index contributed by atoms with van der Waals surface area (Å²) in [6.07, 6.45) is 0. The molecule has 86 valence electrons. The molecule has 0 aliphatic carbocycles. The average molecular weight is 330 g/mol. The van der Waals surface area contributed by atoms with E-state index in [0.29, 0.717) is 0 Å². The van der Waals surface area contributed by atoms with Gasteiger partial charge in [-0.05, 0) is 67.9 Å². The summed E-state index contributed by atoms with van der Waals surface area (Å²) in [5.41, 5.74) is 0.559. The lowest BCUT2D eigenvalue weighted by atomic mass is 9.79. The first-order valence-electron chi connectivity index (χ1n) is 5.43. The topological polar surface area (TPSA) is 18.5 Å². The fourth-order valence-electron chi connectivity index (χ4n) is 1.63. The van der Waals surface area contributed by atoms with Crippen LogP contribution in [0.5, 0.6) is 0 Å². The van der Waals surface area contributed by atoms with E-state index >= 15 is 0 Å². The van der Waals surface area contributed by atoms with Gasteiger partial charge in [-0.3, -0.25) is 0 Å². The molecule has 2 nitrogen and oxygen atoms in total. The Bertz CT molecular complexity index is 388. The largest absolute Gasteiger partial charge is 0.494 e. The van der Waals surface area contributed by atoms with Gasteiger partial charge in [0.25, 0.3) is 0 Å². The minimum atomic E-state index is -0.265. The fourth-order valence-corrected chi connectivity index (χ4v) is 2.20. The van der Waals surface area contributed by atoms with Gasteiger partial charge in [-0.25, -0.2) is 0 Å². The third kappa shape index (κ3) is 2.15. The predicted molar refractivity (Wildman–Crippen MR) is 74.9 cm³/mol. The first-order valence-corrected chi connectivity index (χ1v) is 6.51. The Morgan fingerprint density at radius 2 is 1.62 bits per heavy atom. The van der Waals surface area contributed by atoms with Crippen molar-refractivity contribution in [3.8, 4) is 0 Å². The summed E-state index contributed by atoms with van der Waals surface area (Å²) >= 11 is 2.30. The second kappa shape index (κ2) is 4.00. The number of benzene rings is 1. The second-order valence-electron chi connectivity index (χ2n) is 5.14. The fraction of sp³-hybridized carbons (Fsp3) is 0.500. The van der Waals surface area contributed by atoms with E-state index in [9.17, 15) is 0 Å². The standard InChI is InChI=1S/C12H16BIO2/c1-11(2)12(3,4)16-13(15-11)9-6-5-7-10(14)8-9/h5-8H,1-4H3. The molecular weight excluding hydrogens is 314 g/mol. The summed E-state index contributed by atoms with van der Waals surface area (Å²) in [5.74, 6) is 0. The second-order valence-corrected chi connectivity index (χ2v) is 6.39. The van der Waals surface area contributed by atoms with Crippen molar-refractivity contribution in [1.82, 2.24) is 0 Å². The lowest BCUT2D eigenvalue weighted by Crippen LogP contribution is -2.41. The lowest BCUT2D eigenvalue weighted by molar-refractivity contribution is 0.00578. The molecule has 0 spiro atoms. The molecule has 1 aromatic rings. The number of hydrogen-bond donors (Lipinski definition) is 0. The molecule has 0 bridgehead atoms. The van der Waals surface area contributed by atoms with Gasteiger partial charge in [0.05, 0.1) is 11.2 Å². The number of rotatable bonds is 1. The number of halogens is 1. The highest BCUT2D eigenvalue weighted by Gasteiger charge is 2.51. The van der Waals surface area contributed by atoms with Gasteiger partial charge in [0, 0.05) is 3.57 Å². The Balaban J connectivity index is 2.27. The Morgan fingerprint density at radius 3 is 2.12 bits per heavy atom. The van der Waals surface area contributed by atoms with Gasteiger partial charge >= 0.3 is 7.12 Å². The van der Waals surface area contributed by atoms with Crippen LogP contribution in [-0.4, -0.2) is 18.3 Å². The molecule has 0 saturated carbocycles. The highest BCUT2D eigenvalue weighted by Crippen LogP contribution is 2.36. The average Bonchev–Trinajstić information content (AvgIpc) is 2.36. The van der Waals surface area contributed by atoms with Crippen LogP contribution in [0.2, 0.25) is 0 Å². The van der Waals surface area contributed by atoms with E-state index in [4.69, 9.17) is 9.31 Å². The maximum atomic E-state index is 5.98. The maximum Gasteiger partial charge on any atom is 0.494 e. The summed E-state index contributed by atoms with van der Waals surface area (Å²) in [7, 11) is -0.250. The number of hydrogen-bond acceptors (Lipinski definition) is 2. The molecule has 0 aromatic heterocycles. The zero-order valence-electron chi connectivity index (χ0n) is 10.1. The van der Waals surface area contributed by atoms with Crippen molar-refractivity contribution >= 4 is 35.2 Å². The molecule has 1 aliphatic heterocycles. The molecule has 0 N–H and O–H groups in total. The van der Waals surface area contributed by atoms with Crippen LogP contribution >= 0.6 is 22.6 Å². The summed E-state index contributed by atoms with van der Waals surface area (Å²) in [6, 6.07) is 8.24. The molecule has 0 unspecified atom stereocenters. The van der Waals surface area contributed by atoms with Gasteiger partial charge < -0.3 is 9.31 Å². The Hall–Kier alpha value is -0.0651. The molecule has 2 rings (SSSR count). The minimum Gasteiger partial charge on any atom is -0.399 e. The molecule has 1 saturated heterocycles. The molecule has 1 aliphatic rings. The van der Waals surface area contributed by atoms with E-state index in [1.165, 1.54) is 3.57 Å². The molecule has 1 aromatic carbocycles. The first-order chi connectivity index (χ1) is 7.32. The minimum absolute atomic E-state index is 0.250. The lowest BCUT2D eigenvalue weighted by Gasteiger charge is -2.32. The third-order valence-corrected chi connectivity index (χ3v) is 4.05. The highest BCUT2D eigenvalue weighted by molar-refractivity contribution is 14.1. The van der Waals surface area contributed by atoms with Crippen molar-refractivity contribution < 1.29 is 9.31 Å². The van der Waals surface area contributed by atoms with Crippen molar-refractivity contribution in [1.29, 1.82) is 0 Å². The highest BCUT2D eigenvalue weighted by atomic mass is 127. The summed E-state index contributed by atoms with van der Waals surface area (Å²) in [6.45, 7) is 8.28. The van der Waals surface area contributed by atoms with Crippen LogP contribution in [0, 0.1) is 3.57 Å². The van der Waals surface area contributed by atoms with E-state index in [1.54, 1.807) is 0 Å². The van der Waals surface area contributed by atoms with E-state index in [-0.39, 0.29) is 18.3 Å². The van der Waals surface area contributed by atoms with E-state index < -0.39 is 0 Å². The van der Waals surface area contributed by atoms with E-state index in [0.717, 1.165) is 5.46 Å². The normalized spacial score (nSPS) is 22.4. The zero-order chi connectivity index (χ0) is 12.0. The van der Waals surface area contributed by atoms with Gasteiger partial charge in [-0.15, -0.1) is 0 Å². The third-order valence-electron chi connectivity index (χ3n) is 3.37. The summed E-state index contributed by atoms with van der Waals surface area (Å²) < 4.78 is 13.2. The SMILES string of the molecule is CC1(C)OB(c2cccc(I)c2)OC1(C)C. The Labute approximate surface area is 111 Å². The van der Waals surface area contributed by atoms with Crippen LogP contribution in [0.1, 0.15) is 27.7 Å². The Kier molecular flexibility index (Phi) is 3.10. The Morgan fingerprint density at radius 1 is 1.06 bits per heavy atom. The molecule has 0 radical (unpaired) electrons. The van der Waals surface area contributed by atoms with Gasteiger partial charge in [0.2, 0.25) is 0 Å². The van der Waals surface area contributed by atoms with Crippen molar-refractivity contribution in [3.63, 3.8) is 0 Å². The van der Waals surface area contributed by atoms with Crippen LogP contribution in [0.4, 0.5) is 0 Å². The van der Waals surface area contributed by atoms with Crippen molar-refractivity contribution in [3.05, 3.63) is 27.8 Å². The van der Waals surface area contributed by atoms with Crippen LogP contribution in [0.15, 0.2) is 24.3 Å². The zero-order valence-corrected chi connectivity index (χ0v) is 12.2. The summed E-state index contributed by atoms with van der Waals surface area (Å²) in [5, 5.41) is 0. The molecular formula is C12H16BIO2. The van der Waals surface area contributed by atoms with Gasteiger partial charge in [0.15, 0.2) is 0 Å². The molecule has 0 atom stereocenters. The maximum absolute atomic E-state index is 5.98. The van der Waals surface area contributed by atoms with Gasteiger partial charge in [-0.1, -0.05) is 12.1 Å². The molecule has 4 heteroatoms. The van der Waals surface area contributed by atoms with Crippen molar-refractivity contribution in [2.45, 2.75) is 38.9 Å². The van der Waals surface area contributed by atoms with Crippen molar-refractivity contribution in [2.24, 2.45) is 0 Å². The quantitative estimate of drug-likeness (QED) is 0.582. The summed E-state index contributed by atoms with van der Waals surface area (Å²) in [4.78, 5) is 0. The van der Waals surface area contributed by atoms with E-state index in [2.05, 4.69) is 62.4 Å². The van der Waals surface area contributed by atoms with Crippen molar-refractivity contribution in [2.75, 3.05) is 0 Å². The van der Waals surface area contributed by atoms with Crippen LogP contribution < -0.4 is 5.46 Å². The smallest absolute Gasteiger partial charge is 0.399 e. The molecule has 0 amide bonds. The van der Waals surface area contributed by atoms with Crippen LogP contribution in [0.25, 0.3) is 0 Å². The van der Waals surface area contributed by atoms with Crippen LogP contribution in [-0.2, 0) is 9.31 Å². The first kappa shape index (κ1) is 12.4. The van der Waals surface area contributed by atoms with Gasteiger partial charge in [0.1, 0.15) is 0 Å². The molecule has 1 fully saturated rings. The monoisotopic (exact) mass is 330 g/mol. The molecule has 16 heavy (non-hydrogen) atoms. The predicted octanol–water partition coefficient (Wildman–Crippen LogP) is 2.59. The van der Waals surface area contributed by atoms with E-state index in [1.807, 2.05) is 12.1 Å².